The number of halogens is 5. The zero-order chi connectivity index (χ0) is 29.0. The molecule has 1 aliphatic rings. The summed E-state index contributed by atoms with van der Waals surface area (Å²) in [4.78, 5) is 32.1. The number of amides is 2. The van der Waals surface area contributed by atoms with Crippen LogP contribution in [0.15, 0.2) is 12.3 Å². The van der Waals surface area contributed by atoms with Crippen LogP contribution >= 0.6 is 11.3 Å². The molecule has 0 saturated carbocycles. The molecular weight excluding hydrogens is 533 g/mol. The molecular formula is C24H34F5N5O3S. The van der Waals surface area contributed by atoms with Gasteiger partial charge in [0.25, 0.3) is 12.3 Å². The smallest absolute Gasteiger partial charge is 0.392 e. The zero-order valence-electron chi connectivity index (χ0n) is 21.9. The number of aliphatic hydroxyl groups is 1. The summed E-state index contributed by atoms with van der Waals surface area (Å²) in [7, 11) is 0. The first-order valence-electron chi connectivity index (χ1n) is 12.1. The topological polar surface area (TPSA) is 107 Å². The van der Waals surface area contributed by atoms with Crippen LogP contribution in [0.3, 0.4) is 0 Å². The van der Waals surface area contributed by atoms with Crippen molar-refractivity contribution >= 4 is 29.5 Å². The van der Waals surface area contributed by atoms with E-state index in [1.165, 1.54) is 26.7 Å². The Morgan fingerprint density at radius 1 is 1.34 bits per heavy atom. The maximum Gasteiger partial charge on any atom is 0.405 e. The van der Waals surface area contributed by atoms with Gasteiger partial charge in [-0.25, -0.2) is 18.7 Å². The highest BCUT2D eigenvalue weighted by Gasteiger charge is 2.28. The summed E-state index contributed by atoms with van der Waals surface area (Å²) in [5.41, 5.74) is -0.244. The second-order valence-electron chi connectivity index (χ2n) is 8.25. The number of nitrogens with zero attached hydrogens (tertiary/aromatic N) is 3. The molecule has 214 valence electrons. The Kier molecular flexibility index (Phi) is 13.5. The van der Waals surface area contributed by atoms with Gasteiger partial charge in [0, 0.05) is 36.5 Å². The average molecular weight is 568 g/mol. The minimum Gasteiger partial charge on any atom is -0.392 e. The number of pyridine rings is 1. The van der Waals surface area contributed by atoms with Crippen LogP contribution < -0.4 is 10.6 Å². The van der Waals surface area contributed by atoms with Crippen LogP contribution in [0.5, 0.6) is 0 Å². The molecule has 3 N–H and O–H groups in total. The first-order chi connectivity index (χ1) is 17.8. The van der Waals surface area contributed by atoms with Gasteiger partial charge in [-0.2, -0.15) is 13.2 Å². The second-order valence-corrected chi connectivity index (χ2v) is 9.25. The SMILES string of the molecule is CC.CC1CCCN1C=O.Cc1nc(C(=O)NCC(C)O)sc1-c1cnc(NCC(F)(F)F)cc1C(F)F. The molecule has 2 amide bonds. The molecule has 1 fully saturated rings. The number of carbonyl (C=O) groups excluding carboxylic acids is 2. The molecule has 8 nitrogen and oxygen atoms in total. The maximum absolute atomic E-state index is 13.5. The van der Waals surface area contributed by atoms with Crippen LogP contribution in [0.1, 0.15) is 68.0 Å². The molecule has 1 aliphatic heterocycles. The summed E-state index contributed by atoms with van der Waals surface area (Å²) >= 11 is 0.849. The summed E-state index contributed by atoms with van der Waals surface area (Å²) in [6.07, 6.45) is -3.93. The molecule has 2 atom stereocenters. The van der Waals surface area contributed by atoms with Crippen LogP contribution in [0.2, 0.25) is 0 Å². The van der Waals surface area contributed by atoms with E-state index in [1.54, 1.807) is 0 Å². The second kappa shape index (κ2) is 15.5. The molecule has 3 heterocycles. The lowest BCUT2D eigenvalue weighted by Gasteiger charge is -2.13. The Hall–Kier alpha value is -2.87. The lowest BCUT2D eigenvalue weighted by atomic mass is 10.1. The molecule has 38 heavy (non-hydrogen) atoms. The summed E-state index contributed by atoms with van der Waals surface area (Å²) in [5.74, 6) is -0.913. The number of carbonyl (C=O) groups is 2. The Morgan fingerprint density at radius 2 is 2.00 bits per heavy atom. The van der Waals surface area contributed by atoms with Gasteiger partial charge in [0.1, 0.15) is 12.4 Å². The van der Waals surface area contributed by atoms with Gasteiger partial charge >= 0.3 is 6.18 Å². The van der Waals surface area contributed by atoms with E-state index in [2.05, 4.69) is 22.2 Å². The third-order valence-electron chi connectivity index (χ3n) is 5.17. The molecule has 0 radical (unpaired) electrons. The van der Waals surface area contributed by atoms with Crippen molar-refractivity contribution in [3.05, 3.63) is 28.5 Å². The number of aromatic nitrogens is 2. The van der Waals surface area contributed by atoms with E-state index in [9.17, 15) is 36.6 Å². The van der Waals surface area contributed by atoms with Crippen molar-refractivity contribution < 1.29 is 36.6 Å². The Morgan fingerprint density at radius 3 is 2.47 bits per heavy atom. The van der Waals surface area contributed by atoms with E-state index >= 15 is 0 Å². The Balaban J connectivity index is 0.000000607. The third-order valence-corrected chi connectivity index (χ3v) is 6.36. The van der Waals surface area contributed by atoms with E-state index in [1.807, 2.05) is 24.1 Å². The molecule has 2 aromatic heterocycles. The van der Waals surface area contributed by atoms with Gasteiger partial charge in [-0.05, 0) is 39.7 Å². The summed E-state index contributed by atoms with van der Waals surface area (Å²) in [5, 5.41) is 13.6. The predicted octanol–water partition coefficient (Wildman–Crippen LogP) is 5.19. The van der Waals surface area contributed by atoms with E-state index < -0.39 is 36.7 Å². The van der Waals surface area contributed by atoms with Gasteiger partial charge < -0.3 is 20.6 Å². The van der Waals surface area contributed by atoms with Gasteiger partial charge in [-0.3, -0.25) is 9.59 Å². The number of rotatable bonds is 8. The van der Waals surface area contributed by atoms with Crippen molar-refractivity contribution in [2.24, 2.45) is 0 Å². The standard InChI is InChI=1S/C16H17F5N4O2S.C6H11NO.C2H6/c1-7(26)4-23-14(27)15-25-8(2)12(28-15)10-5-22-11(3-9(10)13(17)18)24-6-16(19,20)21;1-6-3-2-4-7(6)5-8;1-2/h3,5,7,13,26H,4,6H2,1-2H3,(H,22,24)(H,23,27);5-6H,2-4H2,1H3;1-2H3. The van der Waals surface area contributed by atoms with Crippen molar-refractivity contribution in [3.8, 4) is 10.4 Å². The predicted molar refractivity (Wildman–Crippen MR) is 136 cm³/mol. The quantitative estimate of drug-likeness (QED) is 0.300. The number of thiazole rings is 1. The maximum atomic E-state index is 13.5. The number of aliphatic hydroxyl groups excluding tert-OH is 1. The van der Waals surface area contributed by atoms with Crippen LogP contribution in [0, 0.1) is 6.92 Å². The summed E-state index contributed by atoms with van der Waals surface area (Å²) in [6, 6.07) is 1.34. The molecule has 1 saturated heterocycles. The lowest BCUT2D eigenvalue weighted by Crippen LogP contribution is -2.30. The molecule has 0 spiro atoms. The summed E-state index contributed by atoms with van der Waals surface area (Å²) < 4.78 is 63.8. The van der Waals surface area contributed by atoms with Crippen LogP contribution in [0.4, 0.5) is 27.8 Å². The number of likely N-dealkylation sites (tertiary alicyclic amines) is 1. The van der Waals surface area contributed by atoms with Gasteiger partial charge in [-0.15, -0.1) is 11.3 Å². The summed E-state index contributed by atoms with van der Waals surface area (Å²) in [6.45, 7) is 8.63. The van der Waals surface area contributed by atoms with Crippen molar-refractivity contribution in [1.82, 2.24) is 20.2 Å². The van der Waals surface area contributed by atoms with Crippen LogP contribution in [-0.4, -0.2) is 70.2 Å². The normalized spacial score (nSPS) is 15.7. The molecule has 0 bridgehead atoms. The van der Waals surface area contributed by atoms with Gasteiger partial charge in [0.05, 0.1) is 16.7 Å². The van der Waals surface area contributed by atoms with E-state index in [0.29, 0.717) is 11.7 Å². The minimum atomic E-state index is -4.52. The van der Waals surface area contributed by atoms with E-state index in [0.717, 1.165) is 36.6 Å². The number of alkyl halides is 5. The largest absolute Gasteiger partial charge is 0.405 e. The fourth-order valence-electron chi connectivity index (χ4n) is 3.30. The molecule has 14 heteroatoms. The minimum absolute atomic E-state index is 0.00376. The van der Waals surface area contributed by atoms with Crippen LogP contribution in [-0.2, 0) is 4.79 Å². The molecule has 2 unspecified atom stereocenters. The molecule has 2 aromatic rings. The van der Waals surface area contributed by atoms with Crippen molar-refractivity contribution in [1.29, 1.82) is 0 Å². The highest BCUT2D eigenvalue weighted by atomic mass is 32.1. The van der Waals surface area contributed by atoms with Gasteiger partial charge in [0.15, 0.2) is 5.01 Å². The molecule has 0 aromatic carbocycles. The first kappa shape index (κ1) is 33.2. The van der Waals surface area contributed by atoms with Crippen LogP contribution in [0.25, 0.3) is 10.4 Å². The van der Waals surface area contributed by atoms with Crippen molar-refractivity contribution in [2.75, 3.05) is 25.0 Å². The third kappa shape index (κ3) is 10.5. The molecule has 0 aliphatic carbocycles. The fourth-order valence-corrected chi connectivity index (χ4v) is 4.31. The zero-order valence-corrected chi connectivity index (χ0v) is 22.7. The fraction of sp³-hybridized carbons (Fsp3) is 0.583. The lowest BCUT2D eigenvalue weighted by molar-refractivity contribution is -0.118. The highest BCUT2D eigenvalue weighted by molar-refractivity contribution is 7.17. The number of nitrogens with one attached hydrogen (secondary N) is 2. The monoisotopic (exact) mass is 567 g/mol. The van der Waals surface area contributed by atoms with Gasteiger partial charge in [-0.1, -0.05) is 13.8 Å². The van der Waals surface area contributed by atoms with Gasteiger partial charge in [0.2, 0.25) is 6.41 Å². The van der Waals surface area contributed by atoms with E-state index in [-0.39, 0.29) is 27.8 Å². The number of anilines is 1. The van der Waals surface area contributed by atoms with Crippen molar-refractivity contribution in [2.45, 2.75) is 72.2 Å². The van der Waals surface area contributed by atoms with Crippen molar-refractivity contribution in [3.63, 3.8) is 0 Å². The highest BCUT2D eigenvalue weighted by Crippen LogP contribution is 2.37. The Bertz CT molecular complexity index is 1030. The number of aryl methyl sites for hydroxylation is 1. The Labute approximate surface area is 222 Å². The number of hydrogen-bond acceptors (Lipinski definition) is 7. The number of hydrogen-bond donors (Lipinski definition) is 3. The average Bonchev–Trinajstić information content (AvgIpc) is 3.47. The molecule has 3 rings (SSSR count). The first-order valence-corrected chi connectivity index (χ1v) is 12.9. The van der Waals surface area contributed by atoms with E-state index in [4.69, 9.17) is 0 Å².